The number of nitrogens with zero attached hydrogens (tertiary/aromatic N) is 2. The Balaban J connectivity index is 1.74. The second-order valence-corrected chi connectivity index (χ2v) is 6.78. The normalized spacial score (nSPS) is 11.7. The van der Waals surface area contributed by atoms with Crippen molar-refractivity contribution in [3.05, 3.63) is 76.6 Å². The Labute approximate surface area is 168 Å². The van der Waals surface area contributed by atoms with Crippen molar-refractivity contribution in [3.8, 4) is 5.69 Å². The van der Waals surface area contributed by atoms with Crippen LogP contribution in [0.25, 0.3) is 5.69 Å². The van der Waals surface area contributed by atoms with Crippen LogP contribution in [0.3, 0.4) is 0 Å². The van der Waals surface area contributed by atoms with Gasteiger partial charge in [-0.25, -0.2) is 9.48 Å². The third kappa shape index (κ3) is 4.23. The van der Waals surface area contributed by atoms with Crippen molar-refractivity contribution in [2.75, 3.05) is 5.32 Å². The molecular weight excluding hydrogens is 378 g/mol. The Hall–Kier alpha value is -3.12. The minimum Gasteiger partial charge on any atom is -0.449 e. The number of hydrogen-bond donors (Lipinski definition) is 1. The van der Waals surface area contributed by atoms with E-state index in [4.69, 9.17) is 16.3 Å². The Bertz CT molecular complexity index is 1010. The monoisotopic (exact) mass is 397 g/mol. The quantitative estimate of drug-likeness (QED) is 0.650. The molecule has 0 saturated heterocycles. The summed E-state index contributed by atoms with van der Waals surface area (Å²) >= 11 is 5.91. The fourth-order valence-corrected chi connectivity index (χ4v) is 3.03. The summed E-state index contributed by atoms with van der Waals surface area (Å²) in [5.74, 6) is -1.03. The van der Waals surface area contributed by atoms with Gasteiger partial charge >= 0.3 is 5.97 Å². The highest BCUT2D eigenvalue weighted by molar-refractivity contribution is 6.30. The average Bonchev–Trinajstić information content (AvgIpc) is 2.96. The molecule has 3 aromatic rings. The van der Waals surface area contributed by atoms with Crippen LogP contribution in [0.2, 0.25) is 5.02 Å². The lowest BCUT2D eigenvalue weighted by atomic mass is 10.2. The van der Waals surface area contributed by atoms with Crippen LogP contribution in [-0.2, 0) is 9.53 Å². The number of amides is 1. The van der Waals surface area contributed by atoms with Crippen LogP contribution in [-0.4, -0.2) is 27.8 Å². The molecule has 1 amide bonds. The van der Waals surface area contributed by atoms with Crippen molar-refractivity contribution in [1.29, 1.82) is 0 Å². The largest absolute Gasteiger partial charge is 0.449 e. The second kappa shape index (κ2) is 8.27. The second-order valence-electron chi connectivity index (χ2n) is 6.34. The first-order valence-electron chi connectivity index (χ1n) is 8.76. The van der Waals surface area contributed by atoms with Gasteiger partial charge in [0.05, 0.1) is 17.1 Å². The van der Waals surface area contributed by atoms with E-state index in [2.05, 4.69) is 10.4 Å². The smallest absolute Gasteiger partial charge is 0.342 e. The van der Waals surface area contributed by atoms with Gasteiger partial charge in [0.1, 0.15) is 5.56 Å². The molecule has 0 aliphatic heterocycles. The number of para-hydroxylation sites is 1. The van der Waals surface area contributed by atoms with Crippen LogP contribution in [0.5, 0.6) is 0 Å². The molecule has 0 aliphatic rings. The number of nitrogens with one attached hydrogen (secondary N) is 1. The number of aryl methyl sites for hydroxylation is 1. The molecule has 0 fully saturated rings. The molecule has 0 spiro atoms. The molecule has 1 N–H and O–H groups in total. The minimum atomic E-state index is -0.981. The van der Waals surface area contributed by atoms with Crippen LogP contribution in [0.1, 0.15) is 28.7 Å². The number of carbonyl (C=O) groups excluding carboxylic acids is 2. The van der Waals surface area contributed by atoms with E-state index in [0.29, 0.717) is 27.7 Å². The Kier molecular flexibility index (Phi) is 5.80. The van der Waals surface area contributed by atoms with E-state index < -0.39 is 18.0 Å². The van der Waals surface area contributed by atoms with Crippen LogP contribution in [0.15, 0.2) is 54.6 Å². The lowest BCUT2D eigenvalue weighted by Crippen LogP contribution is -2.30. The van der Waals surface area contributed by atoms with E-state index in [0.717, 1.165) is 5.69 Å². The van der Waals surface area contributed by atoms with Gasteiger partial charge in [-0.1, -0.05) is 35.9 Å². The molecule has 0 bridgehead atoms. The third-order valence-electron chi connectivity index (χ3n) is 4.24. The van der Waals surface area contributed by atoms with Gasteiger partial charge in [0, 0.05) is 10.7 Å². The SMILES string of the molecule is Cc1nn(-c2ccccc2)c(C)c1C(=O)O[C@H](C)C(=O)Nc1cccc(Cl)c1. The van der Waals surface area contributed by atoms with Gasteiger partial charge in [-0.3, -0.25) is 4.79 Å². The fourth-order valence-electron chi connectivity index (χ4n) is 2.84. The van der Waals surface area contributed by atoms with Gasteiger partial charge in [0.2, 0.25) is 0 Å². The number of benzene rings is 2. The number of esters is 1. The van der Waals surface area contributed by atoms with Gasteiger partial charge in [-0.15, -0.1) is 0 Å². The van der Waals surface area contributed by atoms with Crippen LogP contribution < -0.4 is 5.32 Å². The first kappa shape index (κ1) is 19.6. The summed E-state index contributed by atoms with van der Waals surface area (Å²) in [6, 6.07) is 16.2. The van der Waals surface area contributed by atoms with E-state index in [9.17, 15) is 9.59 Å². The number of ether oxygens (including phenoxy) is 1. The lowest BCUT2D eigenvalue weighted by Gasteiger charge is -2.14. The third-order valence-corrected chi connectivity index (χ3v) is 4.48. The van der Waals surface area contributed by atoms with Gasteiger partial charge in [-0.05, 0) is 51.1 Å². The van der Waals surface area contributed by atoms with Crippen molar-refractivity contribution in [1.82, 2.24) is 9.78 Å². The van der Waals surface area contributed by atoms with Gasteiger partial charge in [0.25, 0.3) is 5.91 Å². The van der Waals surface area contributed by atoms with Crippen molar-refractivity contribution in [2.45, 2.75) is 26.9 Å². The Morgan fingerprint density at radius 1 is 1.11 bits per heavy atom. The summed E-state index contributed by atoms with van der Waals surface area (Å²) in [5.41, 5.74) is 2.91. The van der Waals surface area contributed by atoms with E-state index in [1.165, 1.54) is 6.92 Å². The molecule has 3 rings (SSSR count). The first-order valence-corrected chi connectivity index (χ1v) is 9.13. The maximum Gasteiger partial charge on any atom is 0.342 e. The Morgan fingerprint density at radius 3 is 2.50 bits per heavy atom. The van der Waals surface area contributed by atoms with E-state index in [-0.39, 0.29) is 0 Å². The molecule has 1 atom stereocenters. The highest BCUT2D eigenvalue weighted by Gasteiger charge is 2.25. The zero-order valence-corrected chi connectivity index (χ0v) is 16.5. The lowest BCUT2D eigenvalue weighted by molar-refractivity contribution is -0.123. The molecule has 0 saturated carbocycles. The van der Waals surface area contributed by atoms with Crippen LogP contribution in [0, 0.1) is 13.8 Å². The summed E-state index contributed by atoms with van der Waals surface area (Å²) < 4.78 is 7.06. The predicted molar refractivity (Wildman–Crippen MR) is 108 cm³/mol. The number of hydrogen-bond acceptors (Lipinski definition) is 4. The maximum atomic E-state index is 12.7. The highest BCUT2D eigenvalue weighted by Crippen LogP contribution is 2.20. The van der Waals surface area contributed by atoms with Crippen molar-refractivity contribution >= 4 is 29.2 Å². The molecule has 0 unspecified atom stereocenters. The molecule has 1 aromatic heterocycles. The van der Waals surface area contributed by atoms with Crippen LogP contribution in [0.4, 0.5) is 5.69 Å². The molecule has 144 valence electrons. The molecule has 0 radical (unpaired) electrons. The van der Waals surface area contributed by atoms with E-state index in [1.807, 2.05) is 30.3 Å². The Morgan fingerprint density at radius 2 is 1.82 bits per heavy atom. The fraction of sp³-hybridized carbons (Fsp3) is 0.190. The summed E-state index contributed by atoms with van der Waals surface area (Å²) in [4.78, 5) is 25.0. The average molecular weight is 398 g/mol. The van der Waals surface area contributed by atoms with Gasteiger partial charge in [0.15, 0.2) is 6.10 Å². The maximum absolute atomic E-state index is 12.7. The molecule has 2 aromatic carbocycles. The molecule has 6 nitrogen and oxygen atoms in total. The molecule has 7 heteroatoms. The topological polar surface area (TPSA) is 73.2 Å². The highest BCUT2D eigenvalue weighted by atomic mass is 35.5. The number of carbonyl (C=O) groups is 2. The molecule has 0 aliphatic carbocycles. The number of aromatic nitrogens is 2. The first-order chi connectivity index (χ1) is 13.4. The summed E-state index contributed by atoms with van der Waals surface area (Å²) in [6.45, 7) is 5.05. The molecular formula is C21H20ClN3O3. The van der Waals surface area contributed by atoms with Gasteiger partial charge in [-0.2, -0.15) is 5.10 Å². The van der Waals surface area contributed by atoms with E-state index >= 15 is 0 Å². The summed E-state index contributed by atoms with van der Waals surface area (Å²) in [6.07, 6.45) is -0.981. The molecule has 28 heavy (non-hydrogen) atoms. The van der Waals surface area contributed by atoms with E-state index in [1.54, 1.807) is 42.8 Å². The molecule has 1 heterocycles. The van der Waals surface area contributed by atoms with Gasteiger partial charge < -0.3 is 10.1 Å². The van der Waals surface area contributed by atoms with Crippen LogP contribution >= 0.6 is 11.6 Å². The van der Waals surface area contributed by atoms with Crippen molar-refractivity contribution in [2.24, 2.45) is 0 Å². The number of halogens is 1. The zero-order valence-electron chi connectivity index (χ0n) is 15.8. The summed E-state index contributed by atoms with van der Waals surface area (Å²) in [5, 5.41) is 7.61. The number of rotatable bonds is 5. The van der Waals surface area contributed by atoms with Crippen molar-refractivity contribution in [3.63, 3.8) is 0 Å². The minimum absolute atomic E-state index is 0.353. The predicted octanol–water partition coefficient (Wildman–Crippen LogP) is 4.33. The number of anilines is 1. The van der Waals surface area contributed by atoms with Crippen molar-refractivity contribution < 1.29 is 14.3 Å². The summed E-state index contributed by atoms with van der Waals surface area (Å²) in [7, 11) is 0. The standard InChI is InChI=1S/C21H20ClN3O3/c1-13-19(14(2)25(24-13)18-10-5-4-6-11-18)21(27)28-15(3)20(26)23-17-9-7-8-16(22)12-17/h4-12,15H,1-3H3,(H,23,26)/t15-/m1/s1. The zero-order chi connectivity index (χ0) is 20.3.